The zero-order valence-electron chi connectivity index (χ0n) is 9.83. The highest BCUT2D eigenvalue weighted by atomic mass is 79.9. The van der Waals surface area contributed by atoms with Crippen LogP contribution in [0.2, 0.25) is 0 Å². The van der Waals surface area contributed by atoms with Gasteiger partial charge in [0.2, 0.25) is 0 Å². The van der Waals surface area contributed by atoms with Gasteiger partial charge in [-0.05, 0) is 32.0 Å². The van der Waals surface area contributed by atoms with Gasteiger partial charge in [0.25, 0.3) is 0 Å². The quantitative estimate of drug-likeness (QED) is 0.825. The second kappa shape index (κ2) is 4.60. The fourth-order valence-corrected chi connectivity index (χ4v) is 2.61. The fourth-order valence-electron chi connectivity index (χ4n) is 2.14. The second-order valence-electron chi connectivity index (χ2n) is 4.21. The molecule has 3 heteroatoms. The standard InChI is InChI=1S/C13H16BrNO/c1-9(2)15-10(8-16-3)7-11-12(14)5-4-6-13(11)15/h4-7,9H,8H2,1-3H3. The first kappa shape index (κ1) is 11.7. The summed E-state index contributed by atoms with van der Waals surface area (Å²) >= 11 is 3.59. The Bertz CT molecular complexity index is 502. The molecular formula is C13H16BrNO. The SMILES string of the molecule is COCc1cc2c(Br)cccc2n1C(C)C. The Morgan fingerprint density at radius 3 is 2.75 bits per heavy atom. The van der Waals surface area contributed by atoms with E-state index in [0.29, 0.717) is 12.6 Å². The van der Waals surface area contributed by atoms with Crippen molar-refractivity contribution in [3.05, 3.63) is 34.4 Å². The van der Waals surface area contributed by atoms with Crippen LogP contribution in [0.3, 0.4) is 0 Å². The maximum Gasteiger partial charge on any atom is 0.0864 e. The Morgan fingerprint density at radius 2 is 2.12 bits per heavy atom. The topological polar surface area (TPSA) is 14.2 Å². The predicted octanol–water partition coefficient (Wildman–Crippen LogP) is 4.13. The molecule has 1 aromatic heterocycles. The summed E-state index contributed by atoms with van der Waals surface area (Å²) in [7, 11) is 1.73. The number of benzene rings is 1. The summed E-state index contributed by atoms with van der Waals surface area (Å²) in [6.07, 6.45) is 0. The number of fused-ring (bicyclic) bond motifs is 1. The van der Waals surface area contributed by atoms with Crippen LogP contribution >= 0.6 is 15.9 Å². The first-order chi connectivity index (χ1) is 7.65. The third kappa shape index (κ3) is 1.89. The minimum atomic E-state index is 0.442. The summed E-state index contributed by atoms with van der Waals surface area (Å²) in [4.78, 5) is 0. The Balaban J connectivity index is 2.70. The highest BCUT2D eigenvalue weighted by Gasteiger charge is 2.12. The van der Waals surface area contributed by atoms with Crippen molar-refractivity contribution in [2.75, 3.05) is 7.11 Å². The number of hydrogen-bond donors (Lipinski definition) is 0. The second-order valence-corrected chi connectivity index (χ2v) is 5.06. The van der Waals surface area contributed by atoms with Gasteiger partial charge in [0.1, 0.15) is 0 Å². The maximum absolute atomic E-state index is 5.25. The largest absolute Gasteiger partial charge is 0.378 e. The van der Waals surface area contributed by atoms with Crippen LogP contribution < -0.4 is 0 Å². The number of hydrogen-bond acceptors (Lipinski definition) is 1. The van der Waals surface area contributed by atoms with Gasteiger partial charge in [0, 0.05) is 34.2 Å². The predicted molar refractivity (Wildman–Crippen MR) is 70.7 cm³/mol. The molecule has 0 amide bonds. The Hall–Kier alpha value is -0.800. The number of aromatic nitrogens is 1. The lowest BCUT2D eigenvalue weighted by atomic mass is 10.2. The lowest BCUT2D eigenvalue weighted by Crippen LogP contribution is -2.05. The van der Waals surface area contributed by atoms with Gasteiger partial charge in [-0.3, -0.25) is 0 Å². The van der Waals surface area contributed by atoms with Crippen molar-refractivity contribution in [3.63, 3.8) is 0 Å². The first-order valence-electron chi connectivity index (χ1n) is 5.42. The van der Waals surface area contributed by atoms with E-state index < -0.39 is 0 Å². The molecule has 0 spiro atoms. The average molecular weight is 282 g/mol. The van der Waals surface area contributed by atoms with E-state index in [9.17, 15) is 0 Å². The lowest BCUT2D eigenvalue weighted by molar-refractivity contribution is 0.177. The average Bonchev–Trinajstić information content (AvgIpc) is 2.58. The summed E-state index contributed by atoms with van der Waals surface area (Å²) in [5.74, 6) is 0. The number of halogens is 1. The van der Waals surface area contributed by atoms with Gasteiger partial charge in [-0.1, -0.05) is 22.0 Å². The van der Waals surface area contributed by atoms with E-state index in [1.807, 2.05) is 0 Å². The molecular weight excluding hydrogens is 266 g/mol. The summed E-state index contributed by atoms with van der Waals surface area (Å²) < 4.78 is 8.72. The summed E-state index contributed by atoms with van der Waals surface area (Å²) in [5, 5.41) is 1.25. The van der Waals surface area contributed by atoms with Crippen molar-refractivity contribution in [3.8, 4) is 0 Å². The molecule has 16 heavy (non-hydrogen) atoms. The molecule has 0 bridgehead atoms. The van der Waals surface area contributed by atoms with Gasteiger partial charge in [-0.15, -0.1) is 0 Å². The molecule has 0 unspecified atom stereocenters. The van der Waals surface area contributed by atoms with Crippen molar-refractivity contribution in [1.29, 1.82) is 0 Å². The number of ether oxygens (including phenoxy) is 1. The summed E-state index contributed by atoms with van der Waals surface area (Å²) in [5.41, 5.74) is 2.48. The van der Waals surface area contributed by atoms with Crippen LogP contribution in [0.1, 0.15) is 25.6 Å². The molecule has 0 fully saturated rings. The molecule has 0 saturated heterocycles. The first-order valence-corrected chi connectivity index (χ1v) is 6.21. The van der Waals surface area contributed by atoms with Crippen LogP contribution in [-0.4, -0.2) is 11.7 Å². The molecule has 1 heterocycles. The minimum absolute atomic E-state index is 0.442. The molecule has 0 radical (unpaired) electrons. The van der Waals surface area contributed by atoms with Gasteiger partial charge in [-0.2, -0.15) is 0 Å². The van der Waals surface area contributed by atoms with Crippen molar-refractivity contribution in [2.45, 2.75) is 26.5 Å². The van der Waals surface area contributed by atoms with Crippen LogP contribution in [0.25, 0.3) is 10.9 Å². The molecule has 1 aromatic carbocycles. The lowest BCUT2D eigenvalue weighted by Gasteiger charge is -2.14. The Labute approximate surface area is 104 Å². The summed E-state index contributed by atoms with van der Waals surface area (Å²) in [6.45, 7) is 5.04. The van der Waals surface area contributed by atoms with E-state index in [-0.39, 0.29) is 0 Å². The van der Waals surface area contributed by atoms with Crippen molar-refractivity contribution in [1.82, 2.24) is 4.57 Å². The smallest absolute Gasteiger partial charge is 0.0864 e. The Morgan fingerprint density at radius 1 is 1.38 bits per heavy atom. The zero-order chi connectivity index (χ0) is 11.7. The minimum Gasteiger partial charge on any atom is -0.378 e. The van der Waals surface area contributed by atoms with E-state index >= 15 is 0 Å². The van der Waals surface area contributed by atoms with Gasteiger partial charge >= 0.3 is 0 Å². The van der Waals surface area contributed by atoms with Crippen LogP contribution in [0.15, 0.2) is 28.7 Å². The highest BCUT2D eigenvalue weighted by molar-refractivity contribution is 9.10. The van der Waals surface area contributed by atoms with E-state index in [0.717, 1.165) is 4.47 Å². The molecule has 0 N–H and O–H groups in total. The molecule has 86 valence electrons. The van der Waals surface area contributed by atoms with E-state index in [1.54, 1.807) is 7.11 Å². The third-order valence-electron chi connectivity index (χ3n) is 2.72. The van der Waals surface area contributed by atoms with Gasteiger partial charge < -0.3 is 9.30 Å². The molecule has 0 aliphatic carbocycles. The molecule has 0 atom stereocenters. The molecule has 2 aromatic rings. The van der Waals surface area contributed by atoms with Crippen LogP contribution in [0.4, 0.5) is 0 Å². The monoisotopic (exact) mass is 281 g/mol. The van der Waals surface area contributed by atoms with Gasteiger partial charge in [0.15, 0.2) is 0 Å². The van der Waals surface area contributed by atoms with E-state index in [4.69, 9.17) is 4.74 Å². The number of rotatable bonds is 3. The number of nitrogens with zero attached hydrogens (tertiary/aromatic N) is 1. The maximum atomic E-state index is 5.25. The van der Waals surface area contributed by atoms with Crippen LogP contribution in [-0.2, 0) is 11.3 Å². The van der Waals surface area contributed by atoms with E-state index in [1.165, 1.54) is 16.6 Å². The molecule has 0 saturated carbocycles. The normalized spacial score (nSPS) is 11.6. The fraction of sp³-hybridized carbons (Fsp3) is 0.385. The van der Waals surface area contributed by atoms with Crippen LogP contribution in [0.5, 0.6) is 0 Å². The molecule has 2 nitrogen and oxygen atoms in total. The van der Waals surface area contributed by atoms with Crippen LogP contribution in [0, 0.1) is 0 Å². The Kier molecular flexibility index (Phi) is 3.36. The van der Waals surface area contributed by atoms with Crippen molar-refractivity contribution < 1.29 is 4.74 Å². The van der Waals surface area contributed by atoms with Crippen molar-refractivity contribution >= 4 is 26.8 Å². The summed E-state index contributed by atoms with van der Waals surface area (Å²) in [6, 6.07) is 8.94. The van der Waals surface area contributed by atoms with E-state index in [2.05, 4.69) is 58.6 Å². The zero-order valence-corrected chi connectivity index (χ0v) is 11.4. The highest BCUT2D eigenvalue weighted by Crippen LogP contribution is 2.30. The molecule has 0 aliphatic rings. The van der Waals surface area contributed by atoms with Gasteiger partial charge in [0.05, 0.1) is 6.61 Å². The number of methoxy groups -OCH3 is 1. The van der Waals surface area contributed by atoms with Gasteiger partial charge in [-0.25, -0.2) is 0 Å². The molecule has 2 rings (SSSR count). The van der Waals surface area contributed by atoms with Crippen molar-refractivity contribution in [2.24, 2.45) is 0 Å². The molecule has 0 aliphatic heterocycles. The third-order valence-corrected chi connectivity index (χ3v) is 3.41.